The number of benzene rings is 1. The Bertz CT molecular complexity index is 1120. The molecule has 2 saturated heterocycles. The lowest BCUT2D eigenvalue weighted by molar-refractivity contribution is -0.122. The normalized spacial score (nSPS) is 18.0. The second kappa shape index (κ2) is 12.0. The van der Waals surface area contributed by atoms with Crippen LogP contribution in [0, 0.1) is 0 Å². The summed E-state index contributed by atoms with van der Waals surface area (Å²) in [6.07, 6.45) is 1.81. The van der Waals surface area contributed by atoms with Gasteiger partial charge in [-0.05, 0) is 63.3 Å². The summed E-state index contributed by atoms with van der Waals surface area (Å²) < 4.78 is 5.32. The highest BCUT2D eigenvalue weighted by Gasteiger charge is 2.24. The van der Waals surface area contributed by atoms with Gasteiger partial charge in [-0.1, -0.05) is 0 Å². The maximum absolute atomic E-state index is 12.7. The molecule has 2 aliphatic heterocycles. The van der Waals surface area contributed by atoms with Gasteiger partial charge >= 0.3 is 0 Å². The number of carbonyl (C=O) groups is 3. The van der Waals surface area contributed by atoms with Gasteiger partial charge in [0.1, 0.15) is 11.6 Å². The lowest BCUT2D eigenvalue weighted by Gasteiger charge is -2.34. The van der Waals surface area contributed by atoms with E-state index >= 15 is 0 Å². The minimum absolute atomic E-state index is 0.00760. The lowest BCUT2D eigenvalue weighted by atomic mass is 10.1. The van der Waals surface area contributed by atoms with Crippen molar-refractivity contribution in [3.05, 3.63) is 47.5 Å². The molecule has 0 saturated carbocycles. The zero-order valence-corrected chi connectivity index (χ0v) is 21.4. The standard InChI is InChI=1S/C26H35N7O4/c1-31(2)17-23(34)28-20-4-3-11-33(16-20)22-10-9-21(24(27)35)25(30-22)29-19-7-5-18(6-8-19)26(36)32-12-14-37-15-13-32/h5-10,20H,3-4,11-17H2,1-2H3,(H2,27,35)(H,28,34)(H,29,30)/t20-/m1/s1. The van der Waals surface area contributed by atoms with Crippen molar-refractivity contribution in [3.63, 3.8) is 0 Å². The Morgan fingerprint density at radius 3 is 2.49 bits per heavy atom. The first-order valence-electron chi connectivity index (χ1n) is 12.5. The van der Waals surface area contributed by atoms with Gasteiger partial charge in [0.15, 0.2) is 0 Å². The highest BCUT2D eigenvalue weighted by Crippen LogP contribution is 2.25. The van der Waals surface area contributed by atoms with Crippen LogP contribution in [-0.4, -0.2) is 98.6 Å². The molecule has 1 atom stereocenters. The molecule has 11 nitrogen and oxygen atoms in total. The largest absolute Gasteiger partial charge is 0.378 e. The van der Waals surface area contributed by atoms with Crippen molar-refractivity contribution in [1.82, 2.24) is 20.1 Å². The molecule has 0 unspecified atom stereocenters. The molecule has 3 amide bonds. The molecule has 4 N–H and O–H groups in total. The van der Waals surface area contributed by atoms with Gasteiger partial charge in [-0.3, -0.25) is 14.4 Å². The van der Waals surface area contributed by atoms with Crippen LogP contribution in [0.25, 0.3) is 0 Å². The minimum Gasteiger partial charge on any atom is -0.378 e. The van der Waals surface area contributed by atoms with Crippen molar-refractivity contribution in [2.24, 2.45) is 5.73 Å². The monoisotopic (exact) mass is 509 g/mol. The number of nitrogens with one attached hydrogen (secondary N) is 2. The third-order valence-electron chi connectivity index (χ3n) is 6.41. The maximum Gasteiger partial charge on any atom is 0.254 e. The predicted molar refractivity (Wildman–Crippen MR) is 141 cm³/mol. The number of amides is 3. The highest BCUT2D eigenvalue weighted by molar-refractivity contribution is 5.99. The number of nitrogens with zero attached hydrogens (tertiary/aromatic N) is 4. The van der Waals surface area contributed by atoms with Gasteiger partial charge in [-0.25, -0.2) is 4.98 Å². The molecule has 3 heterocycles. The molecule has 1 aromatic heterocycles. The van der Waals surface area contributed by atoms with Crippen LogP contribution in [0.5, 0.6) is 0 Å². The highest BCUT2D eigenvalue weighted by atomic mass is 16.5. The van der Waals surface area contributed by atoms with Crippen LogP contribution in [0.1, 0.15) is 33.6 Å². The van der Waals surface area contributed by atoms with Gasteiger partial charge < -0.3 is 35.8 Å². The molecule has 0 aliphatic carbocycles. The average molecular weight is 510 g/mol. The van der Waals surface area contributed by atoms with Crippen LogP contribution in [0.4, 0.5) is 17.3 Å². The molecule has 2 aliphatic rings. The number of nitrogens with two attached hydrogens (primary N) is 1. The first-order chi connectivity index (χ1) is 17.8. The third kappa shape index (κ3) is 6.95. The number of carbonyl (C=O) groups excluding carboxylic acids is 3. The Kier molecular flexibility index (Phi) is 8.57. The number of morpholine rings is 1. The van der Waals surface area contributed by atoms with E-state index in [1.165, 1.54) is 0 Å². The third-order valence-corrected chi connectivity index (χ3v) is 6.41. The molecular formula is C26H35N7O4. The summed E-state index contributed by atoms with van der Waals surface area (Å²) in [7, 11) is 3.72. The van der Waals surface area contributed by atoms with E-state index in [1.807, 2.05) is 19.0 Å². The zero-order chi connectivity index (χ0) is 26.4. The van der Waals surface area contributed by atoms with Crippen LogP contribution in [-0.2, 0) is 9.53 Å². The molecule has 37 heavy (non-hydrogen) atoms. The van der Waals surface area contributed by atoms with Gasteiger partial charge in [0.25, 0.3) is 11.8 Å². The Hall–Kier alpha value is -3.70. The summed E-state index contributed by atoms with van der Waals surface area (Å²) >= 11 is 0. The summed E-state index contributed by atoms with van der Waals surface area (Å²) in [4.78, 5) is 47.5. The summed E-state index contributed by atoms with van der Waals surface area (Å²) in [6, 6.07) is 10.5. The fourth-order valence-corrected chi connectivity index (χ4v) is 4.56. The number of ether oxygens (including phenoxy) is 1. The SMILES string of the molecule is CN(C)CC(=O)N[C@@H]1CCCN(c2ccc(C(N)=O)c(Nc3ccc(C(=O)N4CCOCC4)cc3)n2)C1. The number of primary amides is 1. The van der Waals surface area contributed by atoms with Gasteiger partial charge in [-0.2, -0.15) is 0 Å². The zero-order valence-electron chi connectivity index (χ0n) is 21.4. The number of likely N-dealkylation sites (N-methyl/N-ethyl adjacent to an activating group) is 1. The predicted octanol–water partition coefficient (Wildman–Crippen LogP) is 1.04. The van der Waals surface area contributed by atoms with E-state index in [2.05, 4.69) is 15.5 Å². The van der Waals surface area contributed by atoms with Gasteiger partial charge in [0, 0.05) is 43.5 Å². The lowest BCUT2D eigenvalue weighted by Crippen LogP contribution is -2.49. The number of hydrogen-bond donors (Lipinski definition) is 3. The van der Waals surface area contributed by atoms with Crippen LogP contribution < -0.4 is 21.3 Å². The van der Waals surface area contributed by atoms with Gasteiger partial charge in [0.2, 0.25) is 5.91 Å². The van der Waals surface area contributed by atoms with E-state index in [9.17, 15) is 14.4 Å². The second-order valence-electron chi connectivity index (χ2n) is 9.63. The summed E-state index contributed by atoms with van der Waals surface area (Å²) in [6.45, 7) is 4.00. The smallest absolute Gasteiger partial charge is 0.254 e. The van der Waals surface area contributed by atoms with Crippen molar-refractivity contribution in [2.75, 3.05) is 70.2 Å². The first-order valence-corrected chi connectivity index (χ1v) is 12.5. The van der Waals surface area contributed by atoms with Crippen LogP contribution >= 0.6 is 0 Å². The second-order valence-corrected chi connectivity index (χ2v) is 9.63. The molecule has 198 valence electrons. The van der Waals surface area contributed by atoms with Gasteiger partial charge in [0.05, 0.1) is 25.3 Å². The van der Waals surface area contributed by atoms with Crippen molar-refractivity contribution < 1.29 is 19.1 Å². The number of hydrogen-bond acceptors (Lipinski definition) is 8. The number of anilines is 3. The van der Waals surface area contributed by atoms with Crippen LogP contribution in [0.3, 0.4) is 0 Å². The fraction of sp³-hybridized carbons (Fsp3) is 0.462. The molecule has 11 heteroatoms. The van der Waals surface area contributed by atoms with E-state index in [-0.39, 0.29) is 23.4 Å². The number of aromatic nitrogens is 1. The summed E-state index contributed by atoms with van der Waals surface area (Å²) in [5.41, 5.74) is 7.15. The topological polar surface area (TPSA) is 133 Å². The van der Waals surface area contributed by atoms with E-state index in [0.29, 0.717) is 62.3 Å². The molecule has 0 bridgehead atoms. The number of pyridine rings is 1. The van der Waals surface area contributed by atoms with Crippen molar-refractivity contribution in [1.29, 1.82) is 0 Å². The number of rotatable bonds is 8. The van der Waals surface area contributed by atoms with E-state index in [4.69, 9.17) is 15.5 Å². The first kappa shape index (κ1) is 26.4. The van der Waals surface area contributed by atoms with E-state index in [0.717, 1.165) is 19.4 Å². The quantitative estimate of drug-likeness (QED) is 0.481. The minimum atomic E-state index is -0.590. The van der Waals surface area contributed by atoms with Crippen molar-refractivity contribution in [3.8, 4) is 0 Å². The van der Waals surface area contributed by atoms with E-state index < -0.39 is 5.91 Å². The molecule has 0 radical (unpaired) electrons. The Balaban J connectivity index is 1.47. The van der Waals surface area contributed by atoms with E-state index in [1.54, 1.807) is 41.3 Å². The van der Waals surface area contributed by atoms with Crippen molar-refractivity contribution >= 4 is 35.0 Å². The Morgan fingerprint density at radius 1 is 1.08 bits per heavy atom. The van der Waals surface area contributed by atoms with Crippen LogP contribution in [0.15, 0.2) is 36.4 Å². The van der Waals surface area contributed by atoms with Gasteiger partial charge in [-0.15, -0.1) is 0 Å². The van der Waals surface area contributed by atoms with Crippen molar-refractivity contribution in [2.45, 2.75) is 18.9 Å². The molecule has 2 fully saturated rings. The molecule has 0 spiro atoms. The molecule has 4 rings (SSSR count). The average Bonchev–Trinajstić information content (AvgIpc) is 2.88. The molecule has 2 aromatic rings. The number of piperidine rings is 1. The Morgan fingerprint density at radius 2 is 1.81 bits per heavy atom. The van der Waals surface area contributed by atoms with Crippen LogP contribution in [0.2, 0.25) is 0 Å². The summed E-state index contributed by atoms with van der Waals surface area (Å²) in [5, 5.41) is 6.28. The molecular weight excluding hydrogens is 474 g/mol. The molecule has 1 aromatic carbocycles. The Labute approximate surface area is 216 Å². The summed E-state index contributed by atoms with van der Waals surface area (Å²) in [5.74, 6) is 0.402. The fourth-order valence-electron chi connectivity index (χ4n) is 4.56. The maximum atomic E-state index is 12.7.